The van der Waals surface area contributed by atoms with Crippen molar-refractivity contribution in [1.82, 2.24) is 4.90 Å². The molecule has 3 rings (SSSR count). The van der Waals surface area contributed by atoms with Crippen LogP contribution in [0.15, 0.2) is 23.8 Å². The second-order valence-electron chi connectivity index (χ2n) is 8.72. The lowest BCUT2D eigenvalue weighted by Gasteiger charge is -2.30. The van der Waals surface area contributed by atoms with Crippen LogP contribution in [0.1, 0.15) is 50.8 Å². The van der Waals surface area contributed by atoms with Gasteiger partial charge in [0.15, 0.2) is 0 Å². The van der Waals surface area contributed by atoms with Crippen molar-refractivity contribution in [1.29, 1.82) is 0 Å². The normalized spacial score (nSPS) is 15.8. The molecule has 1 aromatic rings. The van der Waals surface area contributed by atoms with Gasteiger partial charge in [0.2, 0.25) is 0 Å². The number of carbonyl (C=O) groups is 2. The standard InChI is InChI=1S/C24H29F2NO5/c1-5-30-22(28)18-10-16-12-19(20(13-17(16)11-18)31-14-21(25)26)15-6-8-27(9-7-15)23(29)32-24(2,3)4/h6,11-13,21H,5,7-10,14H2,1-4H3. The third-order valence-electron chi connectivity index (χ3n) is 5.06. The second kappa shape index (κ2) is 9.71. The Bertz CT molecular complexity index is 946. The van der Waals surface area contributed by atoms with Gasteiger partial charge in [-0.2, -0.15) is 0 Å². The molecule has 2 aliphatic rings. The molecule has 0 spiro atoms. The number of halogens is 2. The molecule has 1 heterocycles. The highest BCUT2D eigenvalue weighted by Gasteiger charge is 2.27. The molecule has 0 saturated carbocycles. The number of carbonyl (C=O) groups excluding carboxylic acids is 2. The minimum Gasteiger partial charge on any atom is -0.487 e. The molecular weight excluding hydrogens is 420 g/mol. The van der Waals surface area contributed by atoms with Crippen LogP contribution in [0.4, 0.5) is 13.6 Å². The van der Waals surface area contributed by atoms with E-state index in [2.05, 4.69) is 0 Å². The molecule has 0 aromatic heterocycles. The van der Waals surface area contributed by atoms with Crippen molar-refractivity contribution in [3.63, 3.8) is 0 Å². The monoisotopic (exact) mass is 449 g/mol. The van der Waals surface area contributed by atoms with Crippen LogP contribution in [0.3, 0.4) is 0 Å². The van der Waals surface area contributed by atoms with Crippen molar-refractivity contribution in [2.75, 3.05) is 26.3 Å². The Balaban J connectivity index is 1.84. The third-order valence-corrected chi connectivity index (χ3v) is 5.06. The summed E-state index contributed by atoms with van der Waals surface area (Å²) in [6.45, 7) is 7.52. The van der Waals surface area contributed by atoms with E-state index in [1.165, 1.54) is 0 Å². The van der Waals surface area contributed by atoms with Crippen molar-refractivity contribution in [2.24, 2.45) is 0 Å². The van der Waals surface area contributed by atoms with Gasteiger partial charge in [-0.05, 0) is 69.0 Å². The van der Waals surface area contributed by atoms with E-state index in [4.69, 9.17) is 14.2 Å². The maximum absolute atomic E-state index is 12.8. The molecule has 0 bridgehead atoms. The van der Waals surface area contributed by atoms with Crippen molar-refractivity contribution in [2.45, 2.75) is 52.6 Å². The number of fused-ring (bicyclic) bond motifs is 1. The van der Waals surface area contributed by atoms with Gasteiger partial charge in [0.05, 0.1) is 6.61 Å². The fourth-order valence-corrected chi connectivity index (χ4v) is 3.66. The van der Waals surface area contributed by atoms with Crippen molar-refractivity contribution in [3.8, 4) is 5.75 Å². The summed E-state index contributed by atoms with van der Waals surface area (Å²) in [5, 5.41) is 0. The van der Waals surface area contributed by atoms with E-state index in [-0.39, 0.29) is 18.7 Å². The minimum atomic E-state index is -2.61. The lowest BCUT2D eigenvalue weighted by molar-refractivity contribution is -0.138. The molecule has 0 N–H and O–H groups in total. The van der Waals surface area contributed by atoms with Gasteiger partial charge in [0.25, 0.3) is 6.43 Å². The topological polar surface area (TPSA) is 65.1 Å². The van der Waals surface area contributed by atoms with E-state index in [1.807, 2.05) is 32.9 Å². The minimum absolute atomic E-state index is 0.279. The zero-order valence-corrected chi connectivity index (χ0v) is 18.9. The first-order chi connectivity index (χ1) is 15.1. The van der Waals surface area contributed by atoms with Crippen molar-refractivity contribution >= 4 is 23.7 Å². The third kappa shape index (κ3) is 5.87. The van der Waals surface area contributed by atoms with Gasteiger partial charge in [-0.15, -0.1) is 0 Å². The fraction of sp³-hybridized carbons (Fsp3) is 0.500. The molecule has 0 unspecified atom stereocenters. The van der Waals surface area contributed by atoms with Crippen molar-refractivity contribution < 1.29 is 32.6 Å². The van der Waals surface area contributed by atoms with E-state index < -0.39 is 18.6 Å². The molecule has 0 fully saturated rings. The van der Waals surface area contributed by atoms with Gasteiger partial charge in [0, 0.05) is 30.6 Å². The summed E-state index contributed by atoms with van der Waals surface area (Å²) in [5.41, 5.74) is 3.21. The predicted octanol–water partition coefficient (Wildman–Crippen LogP) is 4.86. The number of esters is 1. The maximum atomic E-state index is 12.8. The first-order valence-corrected chi connectivity index (χ1v) is 10.7. The van der Waals surface area contributed by atoms with Gasteiger partial charge in [-0.3, -0.25) is 0 Å². The number of amides is 1. The summed E-state index contributed by atoms with van der Waals surface area (Å²) in [7, 11) is 0. The Morgan fingerprint density at radius 3 is 2.56 bits per heavy atom. The van der Waals surface area contributed by atoms with Crippen LogP contribution in [0.2, 0.25) is 0 Å². The Labute approximate surface area is 186 Å². The lowest BCUT2D eigenvalue weighted by Crippen LogP contribution is -2.39. The number of benzene rings is 1. The SMILES string of the molecule is CCOC(=O)C1=Cc2cc(OCC(F)F)c(C3=CCN(C(=O)OC(C)(C)C)CC3)cc2C1. The smallest absolute Gasteiger partial charge is 0.410 e. The van der Waals surface area contributed by atoms with Crippen LogP contribution in [0, 0.1) is 0 Å². The molecule has 0 radical (unpaired) electrons. The molecule has 1 aliphatic heterocycles. The Hall–Kier alpha value is -2.90. The van der Waals surface area contributed by atoms with Gasteiger partial charge in [-0.25, -0.2) is 18.4 Å². The summed E-state index contributed by atoms with van der Waals surface area (Å²) in [5.74, 6) is -0.0486. The van der Waals surface area contributed by atoms with Gasteiger partial charge in [-0.1, -0.05) is 6.08 Å². The van der Waals surface area contributed by atoms with E-state index >= 15 is 0 Å². The van der Waals surface area contributed by atoms with E-state index in [0.29, 0.717) is 42.8 Å². The second-order valence-corrected chi connectivity index (χ2v) is 8.72. The highest BCUT2D eigenvalue weighted by molar-refractivity contribution is 5.97. The van der Waals surface area contributed by atoms with Crippen LogP contribution in [0.25, 0.3) is 11.6 Å². The number of alkyl halides is 2. The van der Waals surface area contributed by atoms with E-state index in [0.717, 1.165) is 16.7 Å². The number of nitrogens with zero attached hydrogens (tertiary/aromatic N) is 1. The zero-order valence-electron chi connectivity index (χ0n) is 18.9. The number of ether oxygens (including phenoxy) is 3. The van der Waals surface area contributed by atoms with Crippen molar-refractivity contribution in [3.05, 3.63) is 40.5 Å². The van der Waals surface area contributed by atoms with E-state index in [9.17, 15) is 18.4 Å². The molecule has 0 saturated heterocycles. The highest BCUT2D eigenvalue weighted by Crippen LogP contribution is 2.37. The van der Waals surface area contributed by atoms with Crippen LogP contribution in [-0.2, 0) is 20.7 Å². The largest absolute Gasteiger partial charge is 0.487 e. The van der Waals surface area contributed by atoms with E-state index in [1.54, 1.807) is 24.0 Å². The summed E-state index contributed by atoms with van der Waals surface area (Å²) < 4.78 is 41.6. The first kappa shape index (κ1) is 23.8. The van der Waals surface area contributed by atoms with Gasteiger partial charge < -0.3 is 19.1 Å². The fourth-order valence-electron chi connectivity index (χ4n) is 3.66. The number of hydrogen-bond donors (Lipinski definition) is 0. The average molecular weight is 449 g/mol. The molecule has 1 amide bonds. The molecule has 1 aromatic carbocycles. The lowest BCUT2D eigenvalue weighted by atomic mass is 9.94. The molecule has 0 atom stereocenters. The summed E-state index contributed by atoms with van der Waals surface area (Å²) in [4.78, 5) is 26.0. The number of hydrogen-bond acceptors (Lipinski definition) is 5. The highest BCUT2D eigenvalue weighted by atomic mass is 19.3. The molecule has 8 heteroatoms. The zero-order chi connectivity index (χ0) is 23.5. The molecular formula is C24H29F2NO5. The summed E-state index contributed by atoms with van der Waals surface area (Å²) >= 11 is 0. The first-order valence-electron chi connectivity index (χ1n) is 10.7. The Morgan fingerprint density at radius 1 is 1.22 bits per heavy atom. The molecule has 1 aliphatic carbocycles. The van der Waals surface area contributed by atoms with Gasteiger partial charge in [0.1, 0.15) is 18.0 Å². The Morgan fingerprint density at radius 2 is 1.97 bits per heavy atom. The maximum Gasteiger partial charge on any atom is 0.410 e. The number of rotatable bonds is 6. The van der Waals surface area contributed by atoms with Crippen LogP contribution in [-0.4, -0.2) is 55.3 Å². The summed E-state index contributed by atoms with van der Waals surface area (Å²) in [6.07, 6.45) is 1.55. The molecule has 6 nitrogen and oxygen atoms in total. The quantitative estimate of drug-likeness (QED) is 0.581. The Kier molecular flexibility index (Phi) is 7.21. The predicted molar refractivity (Wildman–Crippen MR) is 117 cm³/mol. The summed E-state index contributed by atoms with van der Waals surface area (Å²) in [6, 6.07) is 3.58. The van der Waals surface area contributed by atoms with Crippen LogP contribution < -0.4 is 4.74 Å². The molecule has 32 heavy (non-hydrogen) atoms. The van der Waals surface area contributed by atoms with Gasteiger partial charge >= 0.3 is 12.1 Å². The molecule has 174 valence electrons. The van der Waals surface area contributed by atoms with Crippen LogP contribution in [0.5, 0.6) is 5.75 Å². The average Bonchev–Trinajstić information content (AvgIpc) is 3.13. The van der Waals surface area contributed by atoms with Crippen LogP contribution >= 0.6 is 0 Å².